The molecule has 0 fully saturated rings. The Balaban J connectivity index is 2.24. The molecule has 3 nitrogen and oxygen atoms in total. The van der Waals surface area contributed by atoms with Crippen molar-refractivity contribution in [3.8, 4) is 17.1 Å². The third-order valence-corrected chi connectivity index (χ3v) is 3.50. The summed E-state index contributed by atoms with van der Waals surface area (Å²) < 4.78 is 5.23. The van der Waals surface area contributed by atoms with Gasteiger partial charge in [0, 0.05) is 10.9 Å². The third-order valence-electron chi connectivity index (χ3n) is 3.21. The number of para-hydroxylation sites is 1. The van der Waals surface area contributed by atoms with Gasteiger partial charge in [0.1, 0.15) is 10.9 Å². The molecule has 0 unspecified atom stereocenters. The van der Waals surface area contributed by atoms with Gasteiger partial charge in [-0.2, -0.15) is 0 Å². The fourth-order valence-electron chi connectivity index (χ4n) is 2.15. The minimum absolute atomic E-state index is 0.469. The summed E-state index contributed by atoms with van der Waals surface area (Å²) in [6.45, 7) is 2.01. The van der Waals surface area contributed by atoms with E-state index in [9.17, 15) is 0 Å². The number of hydrogen-bond donors (Lipinski definition) is 0. The largest absolute Gasteiger partial charge is 0.497 e. The SMILES string of the molecule is COc1cccc(-c2nc(Cl)c3cccc(C)c3n2)c1. The molecule has 20 heavy (non-hydrogen) atoms. The molecule has 0 aliphatic carbocycles. The van der Waals surface area contributed by atoms with E-state index >= 15 is 0 Å². The predicted octanol–water partition coefficient (Wildman–Crippen LogP) is 4.27. The van der Waals surface area contributed by atoms with Crippen molar-refractivity contribution < 1.29 is 4.74 Å². The molecule has 0 spiro atoms. The van der Waals surface area contributed by atoms with Crippen LogP contribution in [0.5, 0.6) is 5.75 Å². The Morgan fingerprint density at radius 2 is 1.85 bits per heavy atom. The zero-order chi connectivity index (χ0) is 14.1. The summed E-state index contributed by atoms with van der Waals surface area (Å²) in [5.74, 6) is 1.38. The van der Waals surface area contributed by atoms with Crippen LogP contribution in [0.4, 0.5) is 0 Å². The number of rotatable bonds is 2. The van der Waals surface area contributed by atoms with Gasteiger partial charge in [0.2, 0.25) is 0 Å². The molecular weight excluding hydrogens is 272 g/mol. The van der Waals surface area contributed by atoms with Crippen molar-refractivity contribution >= 4 is 22.5 Å². The summed E-state index contributed by atoms with van der Waals surface area (Å²) in [4.78, 5) is 9.02. The molecule has 3 aromatic rings. The molecule has 0 saturated carbocycles. The fourth-order valence-corrected chi connectivity index (χ4v) is 2.38. The van der Waals surface area contributed by atoms with E-state index in [-0.39, 0.29) is 0 Å². The van der Waals surface area contributed by atoms with E-state index in [0.717, 1.165) is 27.8 Å². The first-order valence-electron chi connectivity index (χ1n) is 6.26. The number of aryl methyl sites for hydroxylation is 1. The first-order chi connectivity index (χ1) is 9.69. The summed E-state index contributed by atoms with van der Waals surface area (Å²) in [6, 6.07) is 13.5. The molecule has 0 radical (unpaired) electrons. The molecule has 0 aliphatic rings. The molecule has 0 saturated heterocycles. The van der Waals surface area contributed by atoms with Crippen LogP contribution in [0.3, 0.4) is 0 Å². The minimum atomic E-state index is 0.469. The Morgan fingerprint density at radius 1 is 1.05 bits per heavy atom. The lowest BCUT2D eigenvalue weighted by molar-refractivity contribution is 0.415. The van der Waals surface area contributed by atoms with E-state index in [0.29, 0.717) is 11.0 Å². The maximum absolute atomic E-state index is 6.28. The van der Waals surface area contributed by atoms with E-state index in [1.807, 2.05) is 49.4 Å². The molecule has 1 heterocycles. The van der Waals surface area contributed by atoms with Gasteiger partial charge in [0.05, 0.1) is 12.6 Å². The topological polar surface area (TPSA) is 35.0 Å². The molecule has 0 amide bonds. The normalized spacial score (nSPS) is 10.8. The number of methoxy groups -OCH3 is 1. The van der Waals surface area contributed by atoms with Crippen molar-refractivity contribution in [1.29, 1.82) is 0 Å². The molecule has 2 aromatic carbocycles. The highest BCUT2D eigenvalue weighted by Crippen LogP contribution is 2.27. The van der Waals surface area contributed by atoms with Gasteiger partial charge < -0.3 is 4.74 Å². The van der Waals surface area contributed by atoms with Crippen LogP contribution in [0.1, 0.15) is 5.56 Å². The minimum Gasteiger partial charge on any atom is -0.497 e. The van der Waals surface area contributed by atoms with Crippen molar-refractivity contribution in [1.82, 2.24) is 9.97 Å². The van der Waals surface area contributed by atoms with Gasteiger partial charge in [-0.3, -0.25) is 0 Å². The smallest absolute Gasteiger partial charge is 0.161 e. The Morgan fingerprint density at radius 3 is 2.65 bits per heavy atom. The Bertz CT molecular complexity index is 787. The van der Waals surface area contributed by atoms with Gasteiger partial charge in [-0.15, -0.1) is 0 Å². The third kappa shape index (κ3) is 2.21. The highest BCUT2D eigenvalue weighted by atomic mass is 35.5. The lowest BCUT2D eigenvalue weighted by atomic mass is 10.1. The number of halogens is 1. The quantitative estimate of drug-likeness (QED) is 0.659. The Hall–Kier alpha value is -2.13. The van der Waals surface area contributed by atoms with Gasteiger partial charge in [-0.05, 0) is 30.7 Å². The van der Waals surface area contributed by atoms with E-state index in [1.54, 1.807) is 7.11 Å². The maximum Gasteiger partial charge on any atom is 0.161 e. The number of ether oxygens (including phenoxy) is 1. The summed E-state index contributed by atoms with van der Waals surface area (Å²) >= 11 is 6.28. The van der Waals surface area contributed by atoms with Crippen LogP contribution >= 0.6 is 11.6 Å². The monoisotopic (exact) mass is 284 g/mol. The molecule has 100 valence electrons. The van der Waals surface area contributed by atoms with Crippen molar-refractivity contribution in [2.24, 2.45) is 0 Å². The van der Waals surface area contributed by atoms with Gasteiger partial charge in [0.15, 0.2) is 5.82 Å². The van der Waals surface area contributed by atoms with Crippen molar-refractivity contribution in [2.45, 2.75) is 6.92 Å². The average Bonchev–Trinajstić information content (AvgIpc) is 2.48. The van der Waals surface area contributed by atoms with Crippen LogP contribution in [0, 0.1) is 6.92 Å². The molecule has 0 bridgehead atoms. The fraction of sp³-hybridized carbons (Fsp3) is 0.125. The lowest BCUT2D eigenvalue weighted by Gasteiger charge is -2.07. The summed E-state index contributed by atoms with van der Waals surface area (Å²) in [7, 11) is 1.64. The number of benzene rings is 2. The number of nitrogens with zero attached hydrogens (tertiary/aromatic N) is 2. The lowest BCUT2D eigenvalue weighted by Crippen LogP contribution is -1.94. The van der Waals surface area contributed by atoms with Crippen LogP contribution in [-0.2, 0) is 0 Å². The molecular formula is C16H13ClN2O. The summed E-state index contributed by atoms with van der Waals surface area (Å²) in [5, 5.41) is 1.34. The van der Waals surface area contributed by atoms with Crippen LogP contribution in [0.2, 0.25) is 5.15 Å². The first-order valence-corrected chi connectivity index (χ1v) is 6.64. The Kier molecular flexibility index (Phi) is 3.28. The second-order valence-corrected chi connectivity index (χ2v) is 4.90. The molecule has 1 aromatic heterocycles. The standard InChI is InChI=1S/C16H13ClN2O/c1-10-5-3-8-13-14(10)18-16(19-15(13)17)11-6-4-7-12(9-11)20-2/h3-9H,1-2H3. The number of fused-ring (bicyclic) bond motifs is 1. The molecule has 0 N–H and O–H groups in total. The van der Waals surface area contributed by atoms with Crippen LogP contribution in [-0.4, -0.2) is 17.1 Å². The Labute approximate surface area is 122 Å². The van der Waals surface area contributed by atoms with E-state index in [1.165, 1.54) is 0 Å². The second-order valence-electron chi connectivity index (χ2n) is 4.54. The highest BCUT2D eigenvalue weighted by molar-refractivity contribution is 6.34. The van der Waals surface area contributed by atoms with Gasteiger partial charge in [0.25, 0.3) is 0 Å². The van der Waals surface area contributed by atoms with Crippen LogP contribution < -0.4 is 4.74 Å². The van der Waals surface area contributed by atoms with Crippen LogP contribution in [0.15, 0.2) is 42.5 Å². The second kappa shape index (κ2) is 5.10. The van der Waals surface area contributed by atoms with Gasteiger partial charge in [-0.1, -0.05) is 35.9 Å². The average molecular weight is 285 g/mol. The maximum atomic E-state index is 6.28. The van der Waals surface area contributed by atoms with E-state index < -0.39 is 0 Å². The summed E-state index contributed by atoms with van der Waals surface area (Å²) in [6.07, 6.45) is 0. The zero-order valence-corrected chi connectivity index (χ0v) is 12.0. The van der Waals surface area contributed by atoms with E-state index in [2.05, 4.69) is 9.97 Å². The molecule has 0 aliphatic heterocycles. The molecule has 4 heteroatoms. The van der Waals surface area contributed by atoms with Crippen molar-refractivity contribution in [3.63, 3.8) is 0 Å². The predicted molar refractivity (Wildman–Crippen MR) is 81.3 cm³/mol. The highest BCUT2D eigenvalue weighted by Gasteiger charge is 2.09. The van der Waals surface area contributed by atoms with Gasteiger partial charge in [-0.25, -0.2) is 9.97 Å². The number of aromatic nitrogens is 2. The first kappa shape index (κ1) is 12.9. The zero-order valence-electron chi connectivity index (χ0n) is 11.2. The molecule has 0 atom stereocenters. The van der Waals surface area contributed by atoms with Crippen LogP contribution in [0.25, 0.3) is 22.3 Å². The van der Waals surface area contributed by atoms with Gasteiger partial charge >= 0.3 is 0 Å². The number of hydrogen-bond acceptors (Lipinski definition) is 3. The molecule has 3 rings (SSSR count). The van der Waals surface area contributed by atoms with E-state index in [4.69, 9.17) is 16.3 Å². The van der Waals surface area contributed by atoms with Crippen molar-refractivity contribution in [2.75, 3.05) is 7.11 Å². The summed E-state index contributed by atoms with van der Waals surface area (Å²) in [5.41, 5.74) is 2.85. The van der Waals surface area contributed by atoms with Crippen molar-refractivity contribution in [3.05, 3.63) is 53.2 Å².